The molecule has 0 aromatic heterocycles. The number of methoxy groups -OCH3 is 3. The summed E-state index contributed by atoms with van der Waals surface area (Å²) in [4.78, 5) is 26.6. The lowest BCUT2D eigenvalue weighted by atomic mass is 9.87. The molecule has 1 amide bonds. The fourth-order valence-electron chi connectivity index (χ4n) is 4.54. The average molecular weight is 490 g/mol. The Morgan fingerprint density at radius 1 is 0.917 bits per heavy atom. The number of hydrogen-bond donors (Lipinski definition) is 0. The lowest BCUT2D eigenvalue weighted by Gasteiger charge is -2.38. The predicted octanol–water partition coefficient (Wildman–Crippen LogP) is 4.36. The van der Waals surface area contributed by atoms with E-state index >= 15 is 0 Å². The van der Waals surface area contributed by atoms with Crippen LogP contribution >= 0.6 is 0 Å². The summed E-state index contributed by atoms with van der Waals surface area (Å²) >= 11 is 0. The molecule has 3 aromatic rings. The number of fused-ring (bicyclic) bond motifs is 1. The third kappa shape index (κ3) is 5.62. The number of nitrogens with zero attached hydrogens (tertiary/aromatic N) is 1. The number of carbonyl (C=O) groups is 2. The van der Waals surface area contributed by atoms with Crippen molar-refractivity contribution in [1.82, 2.24) is 4.90 Å². The Bertz CT molecular complexity index is 1190. The van der Waals surface area contributed by atoms with Gasteiger partial charge in [-0.2, -0.15) is 0 Å². The molecule has 0 radical (unpaired) electrons. The minimum atomic E-state index is -0.258. The first-order valence-electron chi connectivity index (χ1n) is 11.9. The second-order valence-corrected chi connectivity index (χ2v) is 8.57. The van der Waals surface area contributed by atoms with Gasteiger partial charge < -0.3 is 23.8 Å². The number of benzene rings is 3. The number of ether oxygens (including phenoxy) is 4. The van der Waals surface area contributed by atoms with Gasteiger partial charge in [0.15, 0.2) is 18.1 Å². The van der Waals surface area contributed by atoms with Crippen molar-refractivity contribution in [2.24, 2.45) is 0 Å². The van der Waals surface area contributed by atoms with Crippen molar-refractivity contribution in [2.45, 2.75) is 25.3 Å². The van der Waals surface area contributed by atoms with Crippen LogP contribution in [0.3, 0.4) is 0 Å². The number of rotatable bonds is 9. The molecule has 0 aliphatic carbocycles. The summed E-state index contributed by atoms with van der Waals surface area (Å²) in [7, 11) is 4.62. The van der Waals surface area contributed by atoms with E-state index in [2.05, 4.69) is 4.74 Å². The molecule has 3 aromatic carbocycles. The first-order valence-corrected chi connectivity index (χ1v) is 11.9. The second kappa shape index (κ2) is 11.6. The van der Waals surface area contributed by atoms with E-state index < -0.39 is 0 Å². The zero-order valence-corrected chi connectivity index (χ0v) is 20.9. The highest BCUT2D eigenvalue weighted by atomic mass is 16.5. The molecule has 36 heavy (non-hydrogen) atoms. The molecule has 0 spiro atoms. The van der Waals surface area contributed by atoms with Crippen molar-refractivity contribution in [1.29, 1.82) is 0 Å². The van der Waals surface area contributed by atoms with Crippen molar-refractivity contribution in [3.63, 3.8) is 0 Å². The van der Waals surface area contributed by atoms with Crippen molar-refractivity contribution in [3.05, 3.63) is 89.0 Å². The predicted molar refractivity (Wildman–Crippen MR) is 136 cm³/mol. The van der Waals surface area contributed by atoms with Crippen LogP contribution in [0, 0.1) is 0 Å². The molecule has 1 atom stereocenters. The minimum absolute atomic E-state index is 0.0759. The Kier molecular flexibility index (Phi) is 8.10. The smallest absolute Gasteiger partial charge is 0.305 e. The lowest BCUT2D eigenvalue weighted by Crippen LogP contribution is -2.43. The zero-order chi connectivity index (χ0) is 25.5. The SMILES string of the molecule is COC(=O)CCc1ccc(OCC(=O)N2CCc3cc(OC)c(OC)cc3C2c2ccccc2)cc1. The van der Waals surface area contributed by atoms with E-state index in [1.54, 1.807) is 14.2 Å². The van der Waals surface area contributed by atoms with Crippen LogP contribution in [0.25, 0.3) is 0 Å². The lowest BCUT2D eigenvalue weighted by molar-refractivity contribution is -0.140. The van der Waals surface area contributed by atoms with Gasteiger partial charge in [0.2, 0.25) is 0 Å². The van der Waals surface area contributed by atoms with Gasteiger partial charge in [-0.15, -0.1) is 0 Å². The molecule has 0 N–H and O–H groups in total. The Labute approximate surface area is 211 Å². The molecular formula is C29H31NO6. The summed E-state index contributed by atoms with van der Waals surface area (Å²) < 4.78 is 21.6. The van der Waals surface area contributed by atoms with Crippen LogP contribution in [0.1, 0.15) is 34.7 Å². The van der Waals surface area contributed by atoms with Crippen LogP contribution < -0.4 is 14.2 Å². The van der Waals surface area contributed by atoms with E-state index in [0.29, 0.717) is 43.1 Å². The van der Waals surface area contributed by atoms with Crippen LogP contribution in [0.4, 0.5) is 0 Å². The summed E-state index contributed by atoms with van der Waals surface area (Å²) in [6, 6.07) is 21.1. The number of amides is 1. The second-order valence-electron chi connectivity index (χ2n) is 8.57. The molecule has 0 saturated heterocycles. The molecule has 7 heteroatoms. The molecular weight excluding hydrogens is 458 g/mol. The van der Waals surface area contributed by atoms with Crippen molar-refractivity contribution in [2.75, 3.05) is 34.5 Å². The molecule has 1 aliphatic rings. The van der Waals surface area contributed by atoms with Gasteiger partial charge >= 0.3 is 5.97 Å². The number of esters is 1. The largest absolute Gasteiger partial charge is 0.493 e. The standard InChI is InChI=1S/C29H31NO6/c1-33-25-17-22-15-16-30(29(21-7-5-4-6-8-21)24(22)18-26(25)34-2)27(31)19-36-23-12-9-20(10-13-23)11-14-28(32)35-3/h4-10,12-13,17-18,29H,11,14-16,19H2,1-3H3. The summed E-state index contributed by atoms with van der Waals surface area (Å²) in [5, 5.41) is 0. The summed E-state index contributed by atoms with van der Waals surface area (Å²) in [6.07, 6.45) is 1.62. The first-order chi connectivity index (χ1) is 17.5. The van der Waals surface area contributed by atoms with Gasteiger partial charge in [-0.1, -0.05) is 42.5 Å². The van der Waals surface area contributed by atoms with Crippen LogP contribution in [0.15, 0.2) is 66.7 Å². The van der Waals surface area contributed by atoms with Crippen LogP contribution in [-0.4, -0.2) is 51.3 Å². The van der Waals surface area contributed by atoms with Crippen molar-refractivity contribution < 1.29 is 28.5 Å². The maximum atomic E-state index is 13.4. The van der Waals surface area contributed by atoms with Gasteiger partial charge in [0.1, 0.15) is 5.75 Å². The monoisotopic (exact) mass is 489 g/mol. The van der Waals surface area contributed by atoms with Gasteiger partial charge in [0, 0.05) is 13.0 Å². The molecule has 188 valence electrons. The summed E-state index contributed by atoms with van der Waals surface area (Å²) in [5.74, 6) is 1.58. The van der Waals surface area contributed by atoms with Gasteiger partial charge in [0.25, 0.3) is 5.91 Å². The van der Waals surface area contributed by atoms with Crippen LogP contribution in [-0.2, 0) is 27.2 Å². The highest BCUT2D eigenvalue weighted by Gasteiger charge is 2.33. The van der Waals surface area contributed by atoms with E-state index in [4.69, 9.17) is 14.2 Å². The molecule has 1 heterocycles. The fourth-order valence-corrected chi connectivity index (χ4v) is 4.54. The van der Waals surface area contributed by atoms with E-state index in [9.17, 15) is 9.59 Å². The quantitative estimate of drug-likeness (QED) is 0.416. The molecule has 7 nitrogen and oxygen atoms in total. The van der Waals surface area contributed by atoms with Gasteiger partial charge in [-0.25, -0.2) is 0 Å². The molecule has 0 bridgehead atoms. The third-order valence-electron chi connectivity index (χ3n) is 6.44. The fraction of sp³-hybridized carbons (Fsp3) is 0.310. The molecule has 1 unspecified atom stereocenters. The van der Waals surface area contributed by atoms with Crippen molar-refractivity contribution >= 4 is 11.9 Å². The van der Waals surface area contributed by atoms with E-state index in [0.717, 1.165) is 22.3 Å². The maximum absolute atomic E-state index is 13.4. The number of hydrogen-bond acceptors (Lipinski definition) is 6. The number of carbonyl (C=O) groups excluding carboxylic acids is 2. The molecule has 0 saturated carbocycles. The maximum Gasteiger partial charge on any atom is 0.305 e. The molecule has 1 aliphatic heterocycles. The Morgan fingerprint density at radius 3 is 2.28 bits per heavy atom. The van der Waals surface area contributed by atoms with Crippen LogP contribution in [0.2, 0.25) is 0 Å². The Balaban J connectivity index is 1.51. The average Bonchev–Trinajstić information content (AvgIpc) is 2.94. The van der Waals surface area contributed by atoms with Crippen molar-refractivity contribution in [3.8, 4) is 17.2 Å². The highest BCUT2D eigenvalue weighted by molar-refractivity contribution is 5.79. The molecule has 0 fully saturated rings. The zero-order valence-electron chi connectivity index (χ0n) is 20.9. The normalized spacial score (nSPS) is 14.5. The van der Waals surface area contributed by atoms with Gasteiger partial charge in [-0.3, -0.25) is 9.59 Å². The Hall–Kier alpha value is -4.00. The van der Waals surface area contributed by atoms with E-state index in [1.807, 2.05) is 71.6 Å². The summed E-state index contributed by atoms with van der Waals surface area (Å²) in [5.41, 5.74) is 4.18. The Morgan fingerprint density at radius 2 is 1.61 bits per heavy atom. The van der Waals surface area contributed by atoms with E-state index in [-0.39, 0.29) is 24.5 Å². The third-order valence-corrected chi connectivity index (χ3v) is 6.44. The summed E-state index contributed by atoms with van der Waals surface area (Å²) in [6.45, 7) is 0.490. The molecule has 4 rings (SSSR count). The van der Waals surface area contributed by atoms with E-state index in [1.165, 1.54) is 7.11 Å². The number of aryl methyl sites for hydroxylation is 1. The highest BCUT2D eigenvalue weighted by Crippen LogP contribution is 2.41. The first kappa shape index (κ1) is 25.1. The topological polar surface area (TPSA) is 74.3 Å². The van der Waals surface area contributed by atoms with Gasteiger partial charge in [-0.05, 0) is 59.4 Å². The van der Waals surface area contributed by atoms with Crippen LogP contribution in [0.5, 0.6) is 17.2 Å². The van der Waals surface area contributed by atoms with Gasteiger partial charge in [0.05, 0.1) is 27.4 Å². The minimum Gasteiger partial charge on any atom is -0.493 e.